The van der Waals surface area contributed by atoms with Crippen molar-refractivity contribution < 1.29 is 9.21 Å². The molecule has 0 bridgehead atoms. The Labute approximate surface area is 148 Å². The Morgan fingerprint density at radius 2 is 1.69 bits per heavy atom. The van der Waals surface area contributed by atoms with Crippen LogP contribution in [0, 0.1) is 0 Å². The number of carbonyl (C=O) groups excluding carboxylic acids is 1. The molecule has 2 heterocycles. The maximum absolute atomic E-state index is 12.7. The predicted octanol–water partition coefficient (Wildman–Crippen LogP) is 2.45. The molecule has 8 heteroatoms. The summed E-state index contributed by atoms with van der Waals surface area (Å²) < 4.78 is 5.92. The molecular formula is C18H14N6O2. The van der Waals surface area contributed by atoms with Crippen LogP contribution in [-0.2, 0) is 6.54 Å². The zero-order chi connectivity index (χ0) is 17.8. The van der Waals surface area contributed by atoms with Crippen LogP contribution >= 0.6 is 0 Å². The summed E-state index contributed by atoms with van der Waals surface area (Å²) in [6.45, 7) is 0.136. The van der Waals surface area contributed by atoms with Crippen molar-refractivity contribution in [3.8, 4) is 22.8 Å². The summed E-state index contributed by atoms with van der Waals surface area (Å²) >= 11 is 0. The first-order chi connectivity index (χ1) is 12.8. The molecule has 0 radical (unpaired) electrons. The van der Waals surface area contributed by atoms with Crippen LogP contribution in [0.25, 0.3) is 22.8 Å². The minimum Gasteiger partial charge on any atom is -0.435 e. The molecule has 0 fully saturated rings. The van der Waals surface area contributed by atoms with E-state index in [0.717, 1.165) is 11.1 Å². The van der Waals surface area contributed by atoms with E-state index in [1.54, 1.807) is 0 Å². The highest BCUT2D eigenvalue weighted by atomic mass is 16.4. The largest absolute Gasteiger partial charge is 0.435 e. The summed E-state index contributed by atoms with van der Waals surface area (Å²) in [5.41, 5.74) is 1.77. The lowest BCUT2D eigenvalue weighted by Crippen LogP contribution is -2.24. The molecule has 0 saturated heterocycles. The van der Waals surface area contributed by atoms with Crippen molar-refractivity contribution in [2.45, 2.75) is 6.54 Å². The lowest BCUT2D eigenvalue weighted by molar-refractivity contribution is 0.0946. The van der Waals surface area contributed by atoms with Gasteiger partial charge in [0.15, 0.2) is 17.3 Å². The van der Waals surface area contributed by atoms with Gasteiger partial charge in [-0.25, -0.2) is 4.98 Å². The summed E-state index contributed by atoms with van der Waals surface area (Å²) in [6.07, 6.45) is 0. The zero-order valence-corrected chi connectivity index (χ0v) is 13.6. The van der Waals surface area contributed by atoms with Gasteiger partial charge in [0.05, 0.1) is 6.54 Å². The number of tetrazole rings is 1. The van der Waals surface area contributed by atoms with Gasteiger partial charge in [0, 0.05) is 11.1 Å². The monoisotopic (exact) mass is 346 g/mol. The van der Waals surface area contributed by atoms with Crippen LogP contribution in [0.5, 0.6) is 0 Å². The fourth-order valence-corrected chi connectivity index (χ4v) is 2.46. The molecule has 1 amide bonds. The molecular weight excluding hydrogens is 332 g/mol. The average Bonchev–Trinajstić information content (AvgIpc) is 3.37. The Kier molecular flexibility index (Phi) is 4.21. The van der Waals surface area contributed by atoms with Gasteiger partial charge < -0.3 is 9.73 Å². The second-order valence-corrected chi connectivity index (χ2v) is 5.44. The van der Waals surface area contributed by atoms with E-state index in [2.05, 4.69) is 30.9 Å². The van der Waals surface area contributed by atoms with Crippen molar-refractivity contribution in [3.63, 3.8) is 0 Å². The minimum atomic E-state index is -0.375. The predicted molar refractivity (Wildman–Crippen MR) is 92.7 cm³/mol. The van der Waals surface area contributed by atoms with Gasteiger partial charge in [0.25, 0.3) is 5.91 Å². The first-order valence-corrected chi connectivity index (χ1v) is 7.93. The fourth-order valence-electron chi connectivity index (χ4n) is 2.46. The quantitative estimate of drug-likeness (QED) is 0.574. The Morgan fingerprint density at radius 3 is 2.35 bits per heavy atom. The maximum Gasteiger partial charge on any atom is 0.274 e. The topological polar surface area (TPSA) is 110 Å². The van der Waals surface area contributed by atoms with Crippen molar-refractivity contribution in [1.29, 1.82) is 0 Å². The number of benzene rings is 2. The SMILES string of the molecule is O=C(NCc1nn[nH]n1)c1nc(-c2ccccc2)oc1-c1ccccc1. The van der Waals surface area contributed by atoms with Crippen molar-refractivity contribution in [3.05, 3.63) is 72.2 Å². The minimum absolute atomic E-state index is 0.136. The summed E-state index contributed by atoms with van der Waals surface area (Å²) in [7, 11) is 0. The van der Waals surface area contributed by atoms with Crippen molar-refractivity contribution in [2.75, 3.05) is 0 Å². The molecule has 2 aromatic heterocycles. The second-order valence-electron chi connectivity index (χ2n) is 5.44. The molecule has 2 N–H and O–H groups in total. The number of oxazole rings is 1. The van der Waals surface area contributed by atoms with Gasteiger partial charge in [-0.05, 0) is 12.1 Å². The van der Waals surface area contributed by atoms with Gasteiger partial charge in [0.2, 0.25) is 5.89 Å². The third-order valence-corrected chi connectivity index (χ3v) is 3.70. The van der Waals surface area contributed by atoms with Gasteiger partial charge in [-0.2, -0.15) is 5.21 Å². The molecule has 0 aliphatic heterocycles. The van der Waals surface area contributed by atoms with Crippen molar-refractivity contribution in [2.24, 2.45) is 0 Å². The van der Waals surface area contributed by atoms with Gasteiger partial charge in [-0.3, -0.25) is 4.79 Å². The molecule has 0 atom stereocenters. The highest BCUT2D eigenvalue weighted by Gasteiger charge is 2.22. The van der Waals surface area contributed by atoms with E-state index >= 15 is 0 Å². The lowest BCUT2D eigenvalue weighted by Gasteiger charge is -2.02. The van der Waals surface area contributed by atoms with E-state index < -0.39 is 0 Å². The molecule has 0 aliphatic rings. The summed E-state index contributed by atoms with van der Waals surface area (Å²) in [4.78, 5) is 17.1. The molecule has 128 valence electrons. The molecule has 2 aromatic carbocycles. The maximum atomic E-state index is 12.7. The molecule has 0 saturated carbocycles. The standard InChI is InChI=1S/C18H14N6O2/c25-17(19-11-14-21-23-24-22-14)15-16(12-7-3-1-4-8-12)26-18(20-15)13-9-5-2-6-10-13/h1-10H,11H2,(H,19,25)(H,21,22,23,24). The smallest absolute Gasteiger partial charge is 0.274 e. The highest BCUT2D eigenvalue weighted by Crippen LogP contribution is 2.29. The number of nitrogens with one attached hydrogen (secondary N) is 2. The number of aromatic nitrogens is 5. The van der Waals surface area contributed by atoms with Crippen LogP contribution in [0.4, 0.5) is 0 Å². The number of carbonyl (C=O) groups is 1. The summed E-state index contributed by atoms with van der Waals surface area (Å²) in [5, 5.41) is 16.1. The lowest BCUT2D eigenvalue weighted by atomic mass is 10.1. The number of aromatic amines is 1. The van der Waals surface area contributed by atoms with Crippen LogP contribution < -0.4 is 5.32 Å². The van der Waals surface area contributed by atoms with Crippen LogP contribution in [0.1, 0.15) is 16.3 Å². The Bertz CT molecular complexity index is 997. The van der Waals surface area contributed by atoms with Crippen molar-refractivity contribution in [1.82, 2.24) is 30.9 Å². The number of hydrogen-bond donors (Lipinski definition) is 2. The Balaban J connectivity index is 1.69. The van der Waals surface area contributed by atoms with E-state index in [1.165, 1.54) is 0 Å². The fraction of sp³-hybridized carbons (Fsp3) is 0.0556. The van der Waals surface area contributed by atoms with E-state index in [0.29, 0.717) is 17.5 Å². The highest BCUT2D eigenvalue weighted by molar-refractivity contribution is 5.98. The number of amides is 1. The Morgan fingerprint density at radius 1 is 1.00 bits per heavy atom. The molecule has 4 rings (SSSR count). The van der Waals surface area contributed by atoms with Crippen LogP contribution in [0.15, 0.2) is 65.1 Å². The van der Waals surface area contributed by atoms with Crippen LogP contribution in [0.2, 0.25) is 0 Å². The zero-order valence-electron chi connectivity index (χ0n) is 13.6. The number of rotatable bonds is 5. The third-order valence-electron chi connectivity index (χ3n) is 3.70. The van der Waals surface area contributed by atoms with Gasteiger partial charge >= 0.3 is 0 Å². The molecule has 0 spiro atoms. The number of nitrogens with zero attached hydrogens (tertiary/aromatic N) is 4. The number of H-pyrrole nitrogens is 1. The summed E-state index contributed by atoms with van der Waals surface area (Å²) in [5.74, 6) is 0.801. The summed E-state index contributed by atoms with van der Waals surface area (Å²) in [6, 6.07) is 18.8. The molecule has 0 unspecified atom stereocenters. The molecule has 4 aromatic rings. The number of hydrogen-bond acceptors (Lipinski definition) is 6. The molecule has 8 nitrogen and oxygen atoms in total. The van der Waals surface area contributed by atoms with Gasteiger partial charge in [-0.15, -0.1) is 10.2 Å². The van der Waals surface area contributed by atoms with E-state index in [1.807, 2.05) is 60.7 Å². The van der Waals surface area contributed by atoms with E-state index in [-0.39, 0.29) is 18.1 Å². The normalized spacial score (nSPS) is 10.6. The van der Waals surface area contributed by atoms with Crippen LogP contribution in [0.3, 0.4) is 0 Å². The van der Waals surface area contributed by atoms with E-state index in [9.17, 15) is 4.79 Å². The van der Waals surface area contributed by atoms with E-state index in [4.69, 9.17) is 4.42 Å². The first-order valence-electron chi connectivity index (χ1n) is 7.93. The van der Waals surface area contributed by atoms with Gasteiger partial charge in [-0.1, -0.05) is 53.7 Å². The van der Waals surface area contributed by atoms with Crippen LogP contribution in [-0.4, -0.2) is 31.5 Å². The third kappa shape index (κ3) is 3.20. The van der Waals surface area contributed by atoms with Crippen molar-refractivity contribution >= 4 is 5.91 Å². The first kappa shape index (κ1) is 15.7. The molecule has 0 aliphatic carbocycles. The average molecular weight is 346 g/mol. The second kappa shape index (κ2) is 6.98. The van der Waals surface area contributed by atoms with Gasteiger partial charge in [0.1, 0.15) is 0 Å². The Hall–Kier alpha value is -3.81. The molecule has 26 heavy (non-hydrogen) atoms.